The summed E-state index contributed by atoms with van der Waals surface area (Å²) in [5.74, 6) is -2.07. The largest absolute Gasteiger partial charge is 0.460 e. The molecule has 1 aromatic heterocycles. The Morgan fingerprint density at radius 3 is 2.82 bits per heavy atom. The second kappa shape index (κ2) is 7.48. The Morgan fingerprint density at radius 1 is 1.25 bits per heavy atom. The van der Waals surface area contributed by atoms with Crippen LogP contribution in [0.4, 0.5) is 8.78 Å². The van der Waals surface area contributed by atoms with Crippen LogP contribution in [0.15, 0.2) is 22.8 Å². The molecule has 0 spiro atoms. The van der Waals surface area contributed by atoms with Crippen LogP contribution in [0.2, 0.25) is 0 Å². The number of benzene rings is 1. The van der Waals surface area contributed by atoms with Crippen LogP contribution in [-0.4, -0.2) is 60.0 Å². The number of carbonyl (C=O) groups excluding carboxylic acids is 2. The molecule has 2 aliphatic rings. The van der Waals surface area contributed by atoms with Crippen LogP contribution >= 0.6 is 0 Å². The van der Waals surface area contributed by atoms with Gasteiger partial charge in [-0.05, 0) is 25.3 Å². The first-order valence-corrected chi connectivity index (χ1v) is 9.37. The van der Waals surface area contributed by atoms with Gasteiger partial charge in [0, 0.05) is 37.1 Å². The highest BCUT2D eigenvalue weighted by atomic mass is 19.1. The molecule has 2 aromatic rings. The van der Waals surface area contributed by atoms with Crippen LogP contribution in [0.25, 0.3) is 11.0 Å². The van der Waals surface area contributed by atoms with Gasteiger partial charge < -0.3 is 20.4 Å². The van der Waals surface area contributed by atoms with Gasteiger partial charge >= 0.3 is 0 Å². The predicted molar refractivity (Wildman–Crippen MR) is 97.4 cm³/mol. The number of carbonyl (C=O) groups is 2. The molecule has 150 valence electrons. The molecule has 2 fully saturated rings. The van der Waals surface area contributed by atoms with Crippen molar-refractivity contribution in [1.82, 2.24) is 15.1 Å². The van der Waals surface area contributed by atoms with E-state index in [-0.39, 0.29) is 41.2 Å². The lowest BCUT2D eigenvalue weighted by Gasteiger charge is -2.24. The first kappa shape index (κ1) is 18.8. The number of halogens is 2. The highest BCUT2D eigenvalue weighted by molar-refractivity contribution is 6.06. The van der Waals surface area contributed by atoms with Gasteiger partial charge in [-0.3, -0.25) is 14.5 Å². The Bertz CT molecular complexity index is 916. The third kappa shape index (κ3) is 3.59. The predicted octanol–water partition coefficient (Wildman–Crippen LogP) is 1.42. The van der Waals surface area contributed by atoms with E-state index in [0.29, 0.717) is 32.1 Å². The molecule has 7 nitrogen and oxygen atoms in total. The van der Waals surface area contributed by atoms with Gasteiger partial charge in [0.15, 0.2) is 11.4 Å². The van der Waals surface area contributed by atoms with Crippen molar-refractivity contribution in [3.63, 3.8) is 0 Å². The zero-order valence-electron chi connectivity index (χ0n) is 15.3. The summed E-state index contributed by atoms with van der Waals surface area (Å²) in [6, 6.07) is 1.64. The van der Waals surface area contributed by atoms with Gasteiger partial charge in [0.05, 0.1) is 18.3 Å². The molecule has 28 heavy (non-hydrogen) atoms. The molecule has 3 heterocycles. The smallest absolute Gasteiger partial charge is 0.255 e. The molecule has 2 aliphatic heterocycles. The molecule has 0 unspecified atom stereocenters. The molecule has 9 heteroatoms. The Balaban J connectivity index is 1.37. The van der Waals surface area contributed by atoms with E-state index in [2.05, 4.69) is 5.32 Å². The van der Waals surface area contributed by atoms with Crippen molar-refractivity contribution in [2.24, 2.45) is 5.73 Å². The van der Waals surface area contributed by atoms with Crippen LogP contribution < -0.4 is 11.1 Å². The third-order valence-corrected chi connectivity index (χ3v) is 5.42. The Hall–Kier alpha value is -2.52. The summed E-state index contributed by atoms with van der Waals surface area (Å²) in [6.45, 7) is 2.16. The fourth-order valence-corrected chi connectivity index (χ4v) is 3.98. The van der Waals surface area contributed by atoms with E-state index in [9.17, 15) is 18.4 Å². The summed E-state index contributed by atoms with van der Waals surface area (Å²) >= 11 is 0. The summed E-state index contributed by atoms with van der Waals surface area (Å²) in [7, 11) is 0. The van der Waals surface area contributed by atoms with Crippen molar-refractivity contribution in [3.05, 3.63) is 35.6 Å². The molecular formula is C19H22F2N4O3. The molecule has 0 radical (unpaired) electrons. The van der Waals surface area contributed by atoms with Crippen molar-refractivity contribution in [3.8, 4) is 0 Å². The third-order valence-electron chi connectivity index (χ3n) is 5.42. The number of nitrogens with two attached hydrogens (primary N) is 1. The molecule has 0 saturated carbocycles. The van der Waals surface area contributed by atoms with Crippen LogP contribution in [0.3, 0.4) is 0 Å². The van der Waals surface area contributed by atoms with E-state index in [0.717, 1.165) is 25.2 Å². The lowest BCUT2D eigenvalue weighted by atomic mass is 10.1. The molecular weight excluding hydrogens is 370 g/mol. The molecule has 4 rings (SSSR count). The maximum atomic E-state index is 13.7. The minimum absolute atomic E-state index is 0.00348. The summed E-state index contributed by atoms with van der Waals surface area (Å²) in [5, 5.41) is 2.96. The van der Waals surface area contributed by atoms with Gasteiger partial charge in [-0.25, -0.2) is 8.78 Å². The molecule has 0 aliphatic carbocycles. The van der Waals surface area contributed by atoms with E-state index in [1.807, 2.05) is 4.90 Å². The average Bonchev–Trinajstić information content (AvgIpc) is 3.34. The van der Waals surface area contributed by atoms with Crippen molar-refractivity contribution < 1.29 is 22.8 Å². The Labute approximate surface area is 160 Å². The maximum Gasteiger partial charge on any atom is 0.255 e. The molecule has 0 bridgehead atoms. The normalized spacial score (nSPS) is 22.9. The van der Waals surface area contributed by atoms with E-state index < -0.39 is 17.5 Å². The van der Waals surface area contributed by atoms with Crippen molar-refractivity contribution >= 4 is 22.8 Å². The number of rotatable bonds is 4. The fourth-order valence-electron chi connectivity index (χ4n) is 3.98. The topological polar surface area (TPSA) is 91.8 Å². The van der Waals surface area contributed by atoms with Crippen molar-refractivity contribution in [2.75, 3.05) is 26.2 Å². The number of nitrogens with zero attached hydrogens (tertiary/aromatic N) is 2. The van der Waals surface area contributed by atoms with Gasteiger partial charge in [-0.1, -0.05) is 0 Å². The van der Waals surface area contributed by atoms with Gasteiger partial charge in [0.2, 0.25) is 5.91 Å². The Morgan fingerprint density at radius 2 is 2.07 bits per heavy atom. The Kier molecular flexibility index (Phi) is 5.03. The van der Waals surface area contributed by atoms with Crippen molar-refractivity contribution in [1.29, 1.82) is 0 Å². The van der Waals surface area contributed by atoms with Crippen LogP contribution in [0.1, 0.15) is 29.6 Å². The molecule has 2 atom stereocenters. The summed E-state index contributed by atoms with van der Waals surface area (Å²) in [4.78, 5) is 28.6. The number of hydrogen-bond donors (Lipinski definition) is 2. The number of likely N-dealkylation sites (tertiary alicyclic amines) is 2. The highest BCUT2D eigenvalue weighted by Gasteiger charge is 2.31. The van der Waals surface area contributed by atoms with Crippen LogP contribution in [-0.2, 0) is 4.79 Å². The van der Waals surface area contributed by atoms with Gasteiger partial charge in [-0.15, -0.1) is 0 Å². The quantitative estimate of drug-likeness (QED) is 0.821. The zero-order valence-corrected chi connectivity index (χ0v) is 15.3. The van der Waals surface area contributed by atoms with E-state index in [1.54, 1.807) is 4.90 Å². The number of fused-ring (bicyclic) bond motifs is 1. The number of furan rings is 1. The zero-order chi connectivity index (χ0) is 19.8. The monoisotopic (exact) mass is 392 g/mol. The number of amides is 2. The van der Waals surface area contributed by atoms with Crippen LogP contribution in [0.5, 0.6) is 0 Å². The highest BCUT2D eigenvalue weighted by Crippen LogP contribution is 2.25. The van der Waals surface area contributed by atoms with E-state index >= 15 is 0 Å². The molecule has 2 amide bonds. The van der Waals surface area contributed by atoms with E-state index in [1.165, 1.54) is 0 Å². The second-order valence-electron chi connectivity index (χ2n) is 7.40. The number of nitrogens with one attached hydrogen (secondary N) is 1. The lowest BCUT2D eigenvalue weighted by molar-refractivity contribution is -0.132. The second-order valence-corrected chi connectivity index (χ2v) is 7.40. The maximum absolute atomic E-state index is 13.7. The van der Waals surface area contributed by atoms with Crippen molar-refractivity contribution in [2.45, 2.75) is 31.5 Å². The van der Waals surface area contributed by atoms with E-state index in [4.69, 9.17) is 10.2 Å². The number of hydrogen-bond acceptors (Lipinski definition) is 5. The van der Waals surface area contributed by atoms with Gasteiger partial charge in [0.1, 0.15) is 12.1 Å². The summed E-state index contributed by atoms with van der Waals surface area (Å²) in [6.07, 6.45) is 3.35. The molecule has 1 aromatic carbocycles. The standard InChI is InChI=1S/C19H22F2N4O3/c20-11-6-13-14(10-28-18(13)15(21)7-11)19(27)23-12-3-5-24(8-12)9-17(26)25-4-1-2-16(25)22/h6-7,10,12,16H,1-5,8-9,22H2,(H,23,27)/t12-,16-/m0/s1. The minimum atomic E-state index is -0.847. The first-order chi connectivity index (χ1) is 13.4. The SMILES string of the molecule is N[C@@H]1CCCN1C(=O)CN1CC[C@H](NC(=O)c2coc3c(F)cc(F)cc23)C1. The summed E-state index contributed by atoms with van der Waals surface area (Å²) in [5.41, 5.74) is 5.88. The fraction of sp³-hybridized carbons (Fsp3) is 0.474. The minimum Gasteiger partial charge on any atom is -0.460 e. The van der Waals surface area contributed by atoms with Gasteiger partial charge in [0.25, 0.3) is 5.91 Å². The molecule has 3 N–H and O–H groups in total. The molecule has 2 saturated heterocycles. The van der Waals surface area contributed by atoms with Crippen LogP contribution in [0, 0.1) is 11.6 Å². The van der Waals surface area contributed by atoms with Gasteiger partial charge in [-0.2, -0.15) is 0 Å². The lowest BCUT2D eigenvalue weighted by Crippen LogP contribution is -2.46. The average molecular weight is 392 g/mol. The first-order valence-electron chi connectivity index (χ1n) is 9.37. The summed E-state index contributed by atoms with van der Waals surface area (Å²) < 4.78 is 32.3.